The van der Waals surface area contributed by atoms with E-state index >= 15 is 0 Å². The number of hydrogen-bond donors (Lipinski definition) is 0. The van der Waals surface area contributed by atoms with Crippen molar-refractivity contribution in [1.82, 2.24) is 0 Å². The summed E-state index contributed by atoms with van der Waals surface area (Å²) in [5.74, 6) is -1.45. The van der Waals surface area contributed by atoms with Gasteiger partial charge in [0.2, 0.25) is 0 Å². The second kappa shape index (κ2) is 21.0. The van der Waals surface area contributed by atoms with Gasteiger partial charge in [-0.3, -0.25) is 19.4 Å². The van der Waals surface area contributed by atoms with Gasteiger partial charge in [0.05, 0.1) is 13.2 Å². The van der Waals surface area contributed by atoms with E-state index in [9.17, 15) is 19.2 Å². The van der Waals surface area contributed by atoms with E-state index < -0.39 is 11.9 Å². The fraction of sp³-hybridized carbons (Fsp3) is 0.750. The summed E-state index contributed by atoms with van der Waals surface area (Å²) in [6.45, 7) is 7.75. The zero-order valence-corrected chi connectivity index (χ0v) is 17.0. The van der Waals surface area contributed by atoms with Crippen molar-refractivity contribution in [3.8, 4) is 0 Å². The molecule has 0 aliphatic rings. The molecular weight excluding hydrogens is 368 g/mol. The van der Waals surface area contributed by atoms with Crippen molar-refractivity contribution in [2.45, 2.75) is 66.2 Å². The Balaban J connectivity index is -0.000000372. The van der Waals surface area contributed by atoms with Crippen molar-refractivity contribution in [2.75, 3.05) is 13.2 Å². The van der Waals surface area contributed by atoms with Crippen molar-refractivity contribution in [1.29, 1.82) is 0 Å². The SMILES string of the molecule is CCCC(=O)CC(=O)OOCC.CCCC(=O)CC(=O)OOCC.[Ti]. The van der Waals surface area contributed by atoms with E-state index in [1.807, 2.05) is 13.8 Å². The van der Waals surface area contributed by atoms with Gasteiger partial charge in [-0.05, 0) is 26.7 Å². The second-order valence-corrected chi connectivity index (χ2v) is 4.65. The molecule has 0 fully saturated rings. The van der Waals surface area contributed by atoms with Gasteiger partial charge in [-0.15, -0.1) is 0 Å². The molecule has 0 heterocycles. The number of carbonyl (C=O) groups excluding carboxylic acids is 4. The Hall–Kier alpha value is -1.09. The largest absolute Gasteiger partial charge is 0.349 e. The van der Waals surface area contributed by atoms with Crippen molar-refractivity contribution in [3.05, 3.63) is 0 Å². The van der Waals surface area contributed by atoms with Crippen molar-refractivity contribution >= 4 is 23.5 Å². The summed E-state index contributed by atoms with van der Waals surface area (Å²) in [6.07, 6.45) is 1.96. The van der Waals surface area contributed by atoms with Gasteiger partial charge >= 0.3 is 11.9 Å². The summed E-state index contributed by atoms with van der Waals surface area (Å²) >= 11 is 0. The molecule has 0 aliphatic heterocycles. The van der Waals surface area contributed by atoms with Crippen LogP contribution in [0.15, 0.2) is 0 Å². The molecule has 0 saturated heterocycles. The van der Waals surface area contributed by atoms with E-state index in [4.69, 9.17) is 0 Å². The molecular formula is C16H28O8Ti. The minimum Gasteiger partial charge on any atom is -0.299 e. The van der Waals surface area contributed by atoms with Gasteiger partial charge in [0.15, 0.2) is 0 Å². The second-order valence-electron chi connectivity index (χ2n) is 4.65. The predicted octanol–water partition coefficient (Wildman–Crippen LogP) is 2.48. The van der Waals surface area contributed by atoms with Crippen LogP contribution in [0.1, 0.15) is 66.2 Å². The normalized spacial score (nSPS) is 9.12. The van der Waals surface area contributed by atoms with Gasteiger partial charge in [0.1, 0.15) is 24.4 Å². The maximum Gasteiger partial charge on any atom is 0.349 e. The van der Waals surface area contributed by atoms with Crippen LogP contribution in [0.3, 0.4) is 0 Å². The van der Waals surface area contributed by atoms with Gasteiger partial charge in [0, 0.05) is 34.6 Å². The Labute approximate surface area is 163 Å². The van der Waals surface area contributed by atoms with Crippen LogP contribution in [0, 0.1) is 0 Å². The van der Waals surface area contributed by atoms with Gasteiger partial charge in [0.25, 0.3) is 0 Å². The van der Waals surface area contributed by atoms with E-state index in [2.05, 4.69) is 19.6 Å². The standard InChI is InChI=1S/2C8H14O4.Ti/c2*1-3-5-7(9)6-8(10)12-11-4-2;/h2*3-6H2,1-2H3;. The first kappa shape index (κ1) is 28.7. The molecule has 9 heteroatoms. The van der Waals surface area contributed by atoms with Crippen molar-refractivity contribution in [2.24, 2.45) is 0 Å². The molecule has 0 rings (SSSR count). The molecule has 0 aromatic carbocycles. The van der Waals surface area contributed by atoms with Crippen LogP contribution < -0.4 is 0 Å². The van der Waals surface area contributed by atoms with Crippen molar-refractivity contribution < 1.29 is 60.4 Å². The summed E-state index contributed by atoms with van der Waals surface area (Å²) in [7, 11) is 0. The average Bonchev–Trinajstić information content (AvgIpc) is 2.52. The molecule has 0 unspecified atom stereocenters. The number of hydrogen-bond acceptors (Lipinski definition) is 8. The smallest absolute Gasteiger partial charge is 0.299 e. The Kier molecular flexibility index (Phi) is 24.1. The minimum atomic E-state index is -0.615. The number of rotatable bonds is 12. The van der Waals surface area contributed by atoms with E-state index in [-0.39, 0.29) is 46.1 Å². The third-order valence-electron chi connectivity index (χ3n) is 2.28. The van der Waals surface area contributed by atoms with Crippen LogP contribution in [0.25, 0.3) is 0 Å². The van der Waals surface area contributed by atoms with Crippen LogP contribution >= 0.6 is 0 Å². The molecule has 0 amide bonds. The van der Waals surface area contributed by atoms with E-state index in [0.717, 1.165) is 12.8 Å². The van der Waals surface area contributed by atoms with Gasteiger partial charge in [-0.25, -0.2) is 9.59 Å². The summed E-state index contributed by atoms with van der Waals surface area (Å²) in [4.78, 5) is 60.4. The predicted molar refractivity (Wildman–Crippen MR) is 84.5 cm³/mol. The molecule has 0 spiro atoms. The van der Waals surface area contributed by atoms with Gasteiger partial charge in [-0.2, -0.15) is 9.78 Å². The average molecular weight is 396 g/mol. The number of Topliss-reactive ketones (excluding diaryl/α,β-unsaturated/α-hetero) is 2. The third-order valence-corrected chi connectivity index (χ3v) is 2.28. The first-order valence-electron chi connectivity index (χ1n) is 8.09. The summed E-state index contributed by atoms with van der Waals surface area (Å²) in [5, 5.41) is 0. The van der Waals surface area contributed by atoms with Crippen LogP contribution in [-0.2, 0) is 60.4 Å². The number of ketones is 2. The minimum absolute atomic E-state index is 0. The Morgan fingerprint density at radius 3 is 1.20 bits per heavy atom. The van der Waals surface area contributed by atoms with Crippen LogP contribution in [0.2, 0.25) is 0 Å². The molecule has 144 valence electrons. The van der Waals surface area contributed by atoms with Gasteiger partial charge in [-0.1, -0.05) is 13.8 Å². The Morgan fingerprint density at radius 1 is 0.640 bits per heavy atom. The fourth-order valence-electron chi connectivity index (χ4n) is 1.36. The van der Waals surface area contributed by atoms with Crippen LogP contribution in [-0.4, -0.2) is 36.7 Å². The summed E-state index contributed by atoms with van der Waals surface area (Å²) in [6, 6.07) is 0. The monoisotopic (exact) mass is 396 g/mol. The maximum atomic E-state index is 10.9. The summed E-state index contributed by atoms with van der Waals surface area (Å²) in [5.41, 5.74) is 0. The van der Waals surface area contributed by atoms with Gasteiger partial charge < -0.3 is 0 Å². The maximum absolute atomic E-state index is 10.9. The molecule has 0 aliphatic carbocycles. The van der Waals surface area contributed by atoms with E-state index in [1.165, 1.54) is 0 Å². The van der Waals surface area contributed by atoms with E-state index in [0.29, 0.717) is 26.1 Å². The Morgan fingerprint density at radius 2 is 0.960 bits per heavy atom. The molecule has 25 heavy (non-hydrogen) atoms. The molecule has 0 saturated carbocycles. The van der Waals surface area contributed by atoms with Crippen molar-refractivity contribution in [3.63, 3.8) is 0 Å². The zero-order valence-electron chi connectivity index (χ0n) is 15.4. The molecule has 0 N–H and O–H groups in total. The molecule has 0 bridgehead atoms. The fourth-order valence-corrected chi connectivity index (χ4v) is 1.36. The topological polar surface area (TPSA) is 105 Å². The quantitative estimate of drug-likeness (QED) is 0.214. The molecule has 8 nitrogen and oxygen atoms in total. The first-order valence-corrected chi connectivity index (χ1v) is 8.09. The van der Waals surface area contributed by atoms with Crippen LogP contribution in [0.4, 0.5) is 0 Å². The first-order chi connectivity index (χ1) is 11.4. The molecule has 0 radical (unpaired) electrons. The van der Waals surface area contributed by atoms with E-state index in [1.54, 1.807) is 13.8 Å². The third kappa shape index (κ3) is 22.9. The molecule has 0 aromatic heterocycles. The van der Waals surface area contributed by atoms with Crippen LogP contribution in [0.5, 0.6) is 0 Å². The molecule has 0 atom stereocenters. The summed E-state index contributed by atoms with van der Waals surface area (Å²) < 4.78 is 0. The number of carbonyl (C=O) groups is 4. The Bertz CT molecular complexity index is 348. The molecule has 0 aromatic rings. The zero-order chi connectivity index (χ0) is 18.8.